The molecule has 0 fully saturated rings. The first-order chi connectivity index (χ1) is 7.49. The normalized spacial score (nSPS) is 12.4. The average Bonchev–Trinajstić information content (AvgIpc) is 2.17. The van der Waals surface area contributed by atoms with Crippen molar-refractivity contribution in [2.24, 2.45) is 0 Å². The summed E-state index contributed by atoms with van der Waals surface area (Å²) in [6, 6.07) is 4.68. The quantitative estimate of drug-likeness (QED) is 0.358. The highest BCUT2D eigenvalue weighted by Crippen LogP contribution is 2.26. The van der Waals surface area contributed by atoms with Crippen LogP contribution in [0.25, 0.3) is 0 Å². The van der Waals surface area contributed by atoms with Crippen molar-refractivity contribution in [3.05, 3.63) is 28.8 Å². The summed E-state index contributed by atoms with van der Waals surface area (Å²) in [6.45, 7) is 1.02. The molecule has 0 aliphatic heterocycles. The number of benzene rings is 1. The Balaban J connectivity index is 3.03. The van der Waals surface area contributed by atoms with Gasteiger partial charge in [-0.3, -0.25) is 4.57 Å². The third-order valence-corrected chi connectivity index (χ3v) is 3.90. The molecule has 0 N–H and O–H groups in total. The molecule has 90 valence electrons. The Hall–Kier alpha value is -0.390. The van der Waals surface area contributed by atoms with Crippen molar-refractivity contribution in [1.29, 1.82) is 0 Å². The summed E-state index contributed by atoms with van der Waals surface area (Å²) >= 11 is 5.77. The molecule has 0 spiro atoms. The minimum atomic E-state index is -3.98. The smallest absolute Gasteiger partial charge is 0.300 e. The maximum atomic E-state index is 11.7. The standard InChI is InChI=1S/C8H10ClO5PS/c1-6-3-2-4-7(9)8(6)16(11,12)14-5-13-15-10/h2-4H,5,15H2,1H3. The maximum absolute atomic E-state index is 11.7. The highest BCUT2D eigenvalue weighted by Gasteiger charge is 2.21. The summed E-state index contributed by atoms with van der Waals surface area (Å²) < 4.78 is 42.2. The van der Waals surface area contributed by atoms with E-state index >= 15 is 0 Å². The Morgan fingerprint density at radius 1 is 1.44 bits per heavy atom. The number of halogens is 1. The largest absolute Gasteiger partial charge is 0.304 e. The highest BCUT2D eigenvalue weighted by atomic mass is 35.5. The molecule has 0 aliphatic carbocycles. The van der Waals surface area contributed by atoms with E-state index in [9.17, 15) is 13.0 Å². The molecular formula is C8H10ClO5PS. The van der Waals surface area contributed by atoms with E-state index in [2.05, 4.69) is 8.71 Å². The molecule has 16 heavy (non-hydrogen) atoms. The Morgan fingerprint density at radius 3 is 2.69 bits per heavy atom. The first-order valence-corrected chi connectivity index (χ1v) is 6.91. The van der Waals surface area contributed by atoms with E-state index in [4.69, 9.17) is 11.6 Å². The molecule has 8 heteroatoms. The molecule has 0 aliphatic rings. The van der Waals surface area contributed by atoms with Crippen LogP contribution in [0.3, 0.4) is 0 Å². The summed E-state index contributed by atoms with van der Waals surface area (Å²) in [5, 5.41) is 0.0782. The monoisotopic (exact) mass is 284 g/mol. The molecular weight excluding hydrogens is 275 g/mol. The molecule has 1 unspecified atom stereocenters. The van der Waals surface area contributed by atoms with Crippen LogP contribution in [0.5, 0.6) is 0 Å². The molecule has 1 rings (SSSR count). The Bertz CT molecular complexity index is 467. The molecule has 0 radical (unpaired) electrons. The van der Waals surface area contributed by atoms with E-state index in [1.807, 2.05) is 0 Å². The zero-order chi connectivity index (χ0) is 12.2. The molecule has 1 atom stereocenters. The van der Waals surface area contributed by atoms with Gasteiger partial charge in [0.2, 0.25) is 0 Å². The third-order valence-electron chi connectivity index (χ3n) is 1.75. The molecule has 5 nitrogen and oxygen atoms in total. The predicted octanol–water partition coefficient (Wildman–Crippen LogP) is 2.00. The lowest BCUT2D eigenvalue weighted by Gasteiger charge is -2.08. The molecule has 0 amide bonds. The third kappa shape index (κ3) is 3.30. The second-order valence-electron chi connectivity index (χ2n) is 2.84. The molecule has 0 heterocycles. The van der Waals surface area contributed by atoms with Crippen molar-refractivity contribution in [3.63, 3.8) is 0 Å². The lowest BCUT2D eigenvalue weighted by molar-refractivity contribution is 0.140. The molecule has 0 saturated carbocycles. The first kappa shape index (κ1) is 13.7. The SMILES string of the molecule is Cc1cccc(Cl)c1S(=O)(=O)OCO[PH2]=O. The van der Waals surface area contributed by atoms with Gasteiger partial charge in [-0.15, -0.1) is 0 Å². The van der Waals surface area contributed by atoms with Crippen molar-refractivity contribution in [2.75, 3.05) is 6.79 Å². The van der Waals surface area contributed by atoms with Gasteiger partial charge >= 0.3 is 10.1 Å². The van der Waals surface area contributed by atoms with Crippen LogP contribution in [0.4, 0.5) is 0 Å². The van der Waals surface area contributed by atoms with Gasteiger partial charge in [0.15, 0.2) is 15.5 Å². The Labute approximate surface area is 99.7 Å². The number of rotatable bonds is 5. The van der Waals surface area contributed by atoms with Gasteiger partial charge < -0.3 is 4.52 Å². The van der Waals surface area contributed by atoms with Gasteiger partial charge in [0, 0.05) is 0 Å². The summed E-state index contributed by atoms with van der Waals surface area (Å²) in [5.74, 6) is 0. The Kier molecular flexibility index (Phi) is 4.95. The van der Waals surface area contributed by atoms with Gasteiger partial charge in [-0.2, -0.15) is 8.42 Å². The van der Waals surface area contributed by atoms with Crippen molar-refractivity contribution >= 4 is 30.4 Å². The minimum Gasteiger partial charge on any atom is -0.304 e. The van der Waals surface area contributed by atoms with E-state index < -0.39 is 25.6 Å². The van der Waals surface area contributed by atoms with Crippen LogP contribution in [0.1, 0.15) is 5.56 Å². The number of hydrogen-bond donors (Lipinski definition) is 0. The van der Waals surface area contributed by atoms with Crippen LogP contribution in [0.2, 0.25) is 5.02 Å². The van der Waals surface area contributed by atoms with E-state index in [-0.39, 0.29) is 9.92 Å². The van der Waals surface area contributed by atoms with Crippen molar-refractivity contribution in [1.82, 2.24) is 0 Å². The van der Waals surface area contributed by atoms with Crippen molar-refractivity contribution in [2.45, 2.75) is 11.8 Å². The van der Waals surface area contributed by atoms with Gasteiger partial charge in [0.25, 0.3) is 0 Å². The van der Waals surface area contributed by atoms with Gasteiger partial charge in [0.1, 0.15) is 4.90 Å². The van der Waals surface area contributed by atoms with Crippen LogP contribution < -0.4 is 0 Å². The van der Waals surface area contributed by atoms with E-state index in [0.29, 0.717) is 5.56 Å². The molecule has 1 aromatic carbocycles. The van der Waals surface area contributed by atoms with Crippen LogP contribution >= 0.6 is 20.3 Å². The topological polar surface area (TPSA) is 69.7 Å². The van der Waals surface area contributed by atoms with Crippen LogP contribution in [-0.2, 0) is 23.4 Å². The summed E-state index contributed by atoms with van der Waals surface area (Å²) in [4.78, 5) is -0.0961. The fourth-order valence-corrected chi connectivity index (χ4v) is 2.91. The molecule has 0 aromatic heterocycles. The zero-order valence-corrected chi connectivity index (χ0v) is 11.1. The minimum absolute atomic E-state index is 0.0782. The van der Waals surface area contributed by atoms with Gasteiger partial charge in [-0.05, 0) is 18.6 Å². The van der Waals surface area contributed by atoms with Gasteiger partial charge in [0.05, 0.1) is 5.02 Å². The Morgan fingerprint density at radius 2 is 2.12 bits per heavy atom. The number of aryl methyl sites for hydroxylation is 1. The van der Waals surface area contributed by atoms with Crippen molar-refractivity contribution < 1.29 is 21.7 Å². The summed E-state index contributed by atoms with van der Waals surface area (Å²) in [7, 11) is -5.48. The average molecular weight is 285 g/mol. The lowest BCUT2D eigenvalue weighted by atomic mass is 10.2. The van der Waals surface area contributed by atoms with Crippen LogP contribution in [-0.4, -0.2) is 15.2 Å². The second-order valence-corrected chi connectivity index (χ2v) is 5.32. The van der Waals surface area contributed by atoms with Gasteiger partial charge in [-0.25, -0.2) is 4.18 Å². The second kappa shape index (κ2) is 5.80. The van der Waals surface area contributed by atoms with Crippen LogP contribution in [0.15, 0.2) is 23.1 Å². The molecule has 0 saturated heterocycles. The summed E-state index contributed by atoms with van der Waals surface area (Å²) in [5.41, 5.74) is 0.474. The predicted molar refractivity (Wildman–Crippen MR) is 60.8 cm³/mol. The van der Waals surface area contributed by atoms with Crippen molar-refractivity contribution in [3.8, 4) is 0 Å². The van der Waals surface area contributed by atoms with E-state index in [0.717, 1.165) is 0 Å². The molecule has 1 aromatic rings. The van der Waals surface area contributed by atoms with Gasteiger partial charge in [-0.1, -0.05) is 23.7 Å². The molecule has 0 bridgehead atoms. The van der Waals surface area contributed by atoms with E-state index in [1.165, 1.54) is 6.07 Å². The fraction of sp³-hybridized carbons (Fsp3) is 0.250. The zero-order valence-electron chi connectivity index (χ0n) is 8.34. The summed E-state index contributed by atoms with van der Waals surface area (Å²) in [6.07, 6.45) is 0. The highest BCUT2D eigenvalue weighted by molar-refractivity contribution is 7.87. The lowest BCUT2D eigenvalue weighted by Crippen LogP contribution is -2.09. The number of hydrogen-bond acceptors (Lipinski definition) is 5. The van der Waals surface area contributed by atoms with Crippen LogP contribution in [0, 0.1) is 6.92 Å². The maximum Gasteiger partial charge on any atom is 0.300 e. The fourth-order valence-electron chi connectivity index (χ4n) is 1.11. The first-order valence-electron chi connectivity index (χ1n) is 4.19. The van der Waals surface area contributed by atoms with E-state index in [1.54, 1.807) is 19.1 Å².